The summed E-state index contributed by atoms with van der Waals surface area (Å²) in [6, 6.07) is 31.5. The fourth-order valence-corrected chi connectivity index (χ4v) is 6.50. The van der Waals surface area contributed by atoms with Gasteiger partial charge in [-0.3, -0.25) is 34.7 Å². The lowest BCUT2D eigenvalue weighted by Gasteiger charge is -2.31. The summed E-state index contributed by atoms with van der Waals surface area (Å²) in [6.07, 6.45) is 3.80. The highest BCUT2D eigenvalue weighted by Crippen LogP contribution is 2.50. The first-order valence-corrected chi connectivity index (χ1v) is 15.0. The molecule has 2 saturated heterocycles. The molecule has 2 aliphatic heterocycles. The molecule has 4 aromatic rings. The molecule has 10 heteroatoms. The zero-order valence-corrected chi connectivity index (χ0v) is 24.8. The predicted octanol–water partition coefficient (Wildman–Crippen LogP) is 5.19. The van der Waals surface area contributed by atoms with Gasteiger partial charge in [-0.15, -0.1) is 0 Å². The minimum Gasteiger partial charge on any atom is -0.480 e. The third kappa shape index (κ3) is 5.90. The number of nitro benzene ring substituents is 1. The van der Waals surface area contributed by atoms with Crippen molar-refractivity contribution in [3.8, 4) is 0 Å². The van der Waals surface area contributed by atoms with Crippen LogP contribution >= 0.6 is 0 Å². The summed E-state index contributed by atoms with van der Waals surface area (Å²) >= 11 is 0. The van der Waals surface area contributed by atoms with Crippen LogP contribution in [0.25, 0.3) is 12.2 Å². The van der Waals surface area contributed by atoms with Crippen molar-refractivity contribution in [1.29, 1.82) is 0 Å². The minimum absolute atomic E-state index is 0.0722. The van der Waals surface area contributed by atoms with Crippen LogP contribution in [-0.2, 0) is 20.8 Å². The number of carbonyl (C=O) groups is 3. The van der Waals surface area contributed by atoms with E-state index in [1.54, 1.807) is 0 Å². The second kappa shape index (κ2) is 12.8. The summed E-state index contributed by atoms with van der Waals surface area (Å²) in [7, 11) is 0. The maximum Gasteiger partial charge on any atom is 0.325 e. The van der Waals surface area contributed by atoms with Crippen LogP contribution in [0.5, 0.6) is 0 Å². The lowest BCUT2D eigenvalue weighted by atomic mass is 9.76. The fraction of sp³-hybridized carbons (Fsp3) is 0.194. The van der Waals surface area contributed by atoms with Crippen molar-refractivity contribution in [3.05, 3.63) is 142 Å². The van der Waals surface area contributed by atoms with Gasteiger partial charge in [0.2, 0.25) is 11.8 Å². The second-order valence-electron chi connectivity index (χ2n) is 11.5. The molecule has 0 spiro atoms. The highest BCUT2D eigenvalue weighted by molar-refractivity contribution is 6.09. The van der Waals surface area contributed by atoms with E-state index in [9.17, 15) is 29.6 Å². The van der Waals surface area contributed by atoms with E-state index in [2.05, 4.69) is 10.6 Å². The SMILES string of the molecule is O=C1C2C(c3ccc(C=Cc4ccccc4)cc3)NC(Cc3ccc([N+](=O)[O-])cc3)(C(=O)O)C2C(=O)N1CCNc1ccccc1. The molecule has 2 heterocycles. The molecule has 0 radical (unpaired) electrons. The number of non-ortho nitro benzene ring substituents is 1. The van der Waals surface area contributed by atoms with Crippen LogP contribution in [0.2, 0.25) is 0 Å². The van der Waals surface area contributed by atoms with Gasteiger partial charge < -0.3 is 10.4 Å². The van der Waals surface area contributed by atoms with E-state index in [-0.39, 0.29) is 18.7 Å². The van der Waals surface area contributed by atoms with E-state index in [0.29, 0.717) is 17.7 Å². The normalized spacial score (nSPS) is 22.3. The number of likely N-dealkylation sites (tertiary alicyclic amines) is 1. The highest BCUT2D eigenvalue weighted by Gasteiger charge is 2.68. The van der Waals surface area contributed by atoms with Crippen molar-refractivity contribution in [2.75, 3.05) is 18.4 Å². The Bertz CT molecular complexity index is 1780. The number of imide groups is 1. The van der Waals surface area contributed by atoms with Crippen molar-refractivity contribution in [3.63, 3.8) is 0 Å². The van der Waals surface area contributed by atoms with Gasteiger partial charge in [0.25, 0.3) is 5.69 Å². The van der Waals surface area contributed by atoms with E-state index in [0.717, 1.165) is 16.8 Å². The van der Waals surface area contributed by atoms with Crippen LogP contribution in [0.4, 0.5) is 11.4 Å². The van der Waals surface area contributed by atoms with Gasteiger partial charge in [-0.2, -0.15) is 0 Å². The average Bonchev–Trinajstić information content (AvgIpc) is 3.54. The molecule has 2 aliphatic rings. The number of amides is 2. The Balaban J connectivity index is 1.32. The number of benzene rings is 4. The molecule has 0 bridgehead atoms. The quantitative estimate of drug-likeness (QED) is 0.0905. The molecule has 0 aliphatic carbocycles. The summed E-state index contributed by atoms with van der Waals surface area (Å²) in [5.41, 5.74) is 2.01. The smallest absolute Gasteiger partial charge is 0.325 e. The van der Waals surface area contributed by atoms with Gasteiger partial charge in [-0.05, 0) is 34.4 Å². The molecule has 4 aromatic carbocycles. The number of rotatable bonds is 11. The number of carboxylic acid groups (broad SMARTS) is 1. The van der Waals surface area contributed by atoms with Crippen molar-refractivity contribution in [2.24, 2.45) is 11.8 Å². The number of nitro groups is 1. The molecule has 2 amide bonds. The molecule has 0 aromatic heterocycles. The topological polar surface area (TPSA) is 142 Å². The molecular formula is C36H32N4O6. The average molecular weight is 617 g/mol. The number of carboxylic acids is 1. The molecule has 10 nitrogen and oxygen atoms in total. The highest BCUT2D eigenvalue weighted by atomic mass is 16.6. The third-order valence-electron chi connectivity index (χ3n) is 8.76. The first-order chi connectivity index (χ1) is 22.3. The summed E-state index contributed by atoms with van der Waals surface area (Å²) in [5.74, 6) is -4.39. The Morgan fingerprint density at radius 2 is 1.48 bits per heavy atom. The van der Waals surface area contributed by atoms with Gasteiger partial charge in [0.1, 0.15) is 5.54 Å². The number of hydrogen-bond donors (Lipinski definition) is 3. The second-order valence-corrected chi connectivity index (χ2v) is 11.5. The molecule has 232 valence electrons. The van der Waals surface area contributed by atoms with Gasteiger partial charge in [-0.1, -0.05) is 97.1 Å². The Hall–Kier alpha value is -5.61. The number of aliphatic carboxylic acids is 1. The maximum absolute atomic E-state index is 14.0. The van der Waals surface area contributed by atoms with Crippen molar-refractivity contribution in [1.82, 2.24) is 10.2 Å². The minimum atomic E-state index is -1.83. The van der Waals surface area contributed by atoms with Gasteiger partial charge >= 0.3 is 5.97 Å². The summed E-state index contributed by atoms with van der Waals surface area (Å²) in [6.45, 7) is 0.368. The van der Waals surface area contributed by atoms with Gasteiger partial charge in [0, 0.05) is 43.4 Å². The first-order valence-electron chi connectivity index (χ1n) is 15.0. The van der Waals surface area contributed by atoms with Crippen LogP contribution in [0.1, 0.15) is 28.3 Å². The standard InChI is InChI=1S/C36H32N4O6/c41-33-30-31(34(42)39(33)22-21-37-28-9-5-2-6-10-28)36(35(43)44,23-26-15-19-29(20-16-26)40(45)46)38-32(30)27-17-13-25(14-18-27)12-11-24-7-3-1-4-8-24/h1-20,30-32,37-38H,21-23H2,(H,43,44). The number of nitrogens with zero attached hydrogens (tertiary/aromatic N) is 2. The van der Waals surface area contributed by atoms with Crippen molar-refractivity contribution >= 4 is 41.3 Å². The summed E-state index contributed by atoms with van der Waals surface area (Å²) in [5, 5.41) is 28.4. The molecule has 4 atom stereocenters. The molecule has 0 saturated carbocycles. The molecule has 3 N–H and O–H groups in total. The van der Waals surface area contributed by atoms with E-state index in [4.69, 9.17) is 0 Å². The Morgan fingerprint density at radius 1 is 0.870 bits per heavy atom. The van der Waals surface area contributed by atoms with E-state index in [1.165, 1.54) is 29.2 Å². The van der Waals surface area contributed by atoms with E-state index < -0.39 is 46.1 Å². The van der Waals surface area contributed by atoms with Crippen LogP contribution in [-0.4, -0.2) is 51.3 Å². The Morgan fingerprint density at radius 3 is 2.09 bits per heavy atom. The van der Waals surface area contributed by atoms with Gasteiger partial charge in [0.05, 0.1) is 16.8 Å². The number of anilines is 1. The van der Waals surface area contributed by atoms with E-state index in [1.807, 2.05) is 97.1 Å². The maximum atomic E-state index is 14.0. The molecule has 2 fully saturated rings. The molecule has 6 rings (SSSR count). The number of nitrogens with one attached hydrogen (secondary N) is 2. The number of hydrogen-bond acceptors (Lipinski definition) is 7. The number of carbonyl (C=O) groups excluding carboxylic acids is 2. The molecular weight excluding hydrogens is 584 g/mol. The van der Waals surface area contributed by atoms with E-state index >= 15 is 0 Å². The van der Waals surface area contributed by atoms with Crippen LogP contribution < -0.4 is 10.6 Å². The third-order valence-corrected chi connectivity index (χ3v) is 8.76. The molecule has 46 heavy (non-hydrogen) atoms. The van der Waals surface area contributed by atoms with Crippen LogP contribution in [0.3, 0.4) is 0 Å². The van der Waals surface area contributed by atoms with Gasteiger partial charge in [-0.25, -0.2) is 0 Å². The van der Waals surface area contributed by atoms with Gasteiger partial charge in [0.15, 0.2) is 0 Å². The summed E-state index contributed by atoms with van der Waals surface area (Å²) in [4.78, 5) is 53.0. The lowest BCUT2D eigenvalue weighted by Crippen LogP contribution is -2.57. The fourth-order valence-electron chi connectivity index (χ4n) is 6.50. The monoisotopic (exact) mass is 616 g/mol. The predicted molar refractivity (Wildman–Crippen MR) is 173 cm³/mol. The van der Waals surface area contributed by atoms with Crippen LogP contribution in [0.15, 0.2) is 109 Å². The zero-order valence-electron chi connectivity index (χ0n) is 24.8. The first kappa shape index (κ1) is 30.4. The number of para-hydroxylation sites is 1. The van der Waals surface area contributed by atoms with Crippen LogP contribution in [0, 0.1) is 22.0 Å². The Labute approximate surface area is 265 Å². The largest absolute Gasteiger partial charge is 0.480 e. The lowest BCUT2D eigenvalue weighted by molar-refractivity contribution is -0.384. The number of fused-ring (bicyclic) bond motifs is 1. The summed E-state index contributed by atoms with van der Waals surface area (Å²) < 4.78 is 0. The zero-order chi connectivity index (χ0) is 32.3. The van der Waals surface area contributed by atoms with Crippen molar-refractivity contribution < 1.29 is 24.4 Å². The van der Waals surface area contributed by atoms with Crippen molar-refractivity contribution in [2.45, 2.75) is 18.0 Å². The Kier molecular flexibility index (Phi) is 8.45. The molecule has 4 unspecified atom stereocenters.